The SMILES string of the molecule is CCc1ccc(C(c2ccccc2)N2CCCNCC2)nc1. The van der Waals surface area contributed by atoms with Gasteiger partial charge in [0.15, 0.2) is 0 Å². The average Bonchev–Trinajstić information content (AvgIpc) is 2.86. The zero-order valence-corrected chi connectivity index (χ0v) is 13.3. The van der Waals surface area contributed by atoms with Gasteiger partial charge in [-0.15, -0.1) is 0 Å². The molecule has 0 spiro atoms. The van der Waals surface area contributed by atoms with Crippen molar-refractivity contribution in [1.82, 2.24) is 15.2 Å². The quantitative estimate of drug-likeness (QED) is 0.940. The highest BCUT2D eigenvalue weighted by Gasteiger charge is 2.24. The Balaban J connectivity index is 1.94. The molecule has 0 saturated carbocycles. The number of rotatable bonds is 4. The second kappa shape index (κ2) is 7.52. The number of hydrogen-bond acceptors (Lipinski definition) is 3. The molecule has 2 heterocycles. The van der Waals surface area contributed by atoms with Crippen molar-refractivity contribution in [2.45, 2.75) is 25.8 Å². The molecule has 1 N–H and O–H groups in total. The molecule has 2 aromatic rings. The first-order valence-corrected chi connectivity index (χ1v) is 8.33. The lowest BCUT2D eigenvalue weighted by Gasteiger charge is -2.30. The van der Waals surface area contributed by atoms with Crippen LogP contribution >= 0.6 is 0 Å². The lowest BCUT2D eigenvalue weighted by Crippen LogP contribution is -2.33. The van der Waals surface area contributed by atoms with Crippen molar-refractivity contribution < 1.29 is 0 Å². The van der Waals surface area contributed by atoms with Gasteiger partial charge in [0.2, 0.25) is 0 Å². The van der Waals surface area contributed by atoms with E-state index in [1.807, 2.05) is 6.20 Å². The molecule has 1 unspecified atom stereocenters. The molecule has 3 rings (SSSR count). The van der Waals surface area contributed by atoms with Crippen LogP contribution in [0, 0.1) is 0 Å². The molecule has 1 aromatic heterocycles. The summed E-state index contributed by atoms with van der Waals surface area (Å²) in [5.41, 5.74) is 3.79. The Morgan fingerprint density at radius 3 is 2.68 bits per heavy atom. The summed E-state index contributed by atoms with van der Waals surface area (Å²) in [4.78, 5) is 7.33. The largest absolute Gasteiger partial charge is 0.315 e. The van der Waals surface area contributed by atoms with Gasteiger partial charge in [-0.25, -0.2) is 0 Å². The van der Waals surface area contributed by atoms with E-state index in [0.29, 0.717) is 0 Å². The third-order valence-corrected chi connectivity index (χ3v) is 4.39. The van der Waals surface area contributed by atoms with Gasteiger partial charge >= 0.3 is 0 Å². The molecule has 1 aliphatic heterocycles. The number of hydrogen-bond donors (Lipinski definition) is 1. The summed E-state index contributed by atoms with van der Waals surface area (Å²) in [6.45, 7) is 6.52. The highest BCUT2D eigenvalue weighted by Crippen LogP contribution is 2.27. The third kappa shape index (κ3) is 3.54. The molecule has 1 atom stereocenters. The van der Waals surface area contributed by atoms with Crippen molar-refractivity contribution in [2.75, 3.05) is 26.2 Å². The van der Waals surface area contributed by atoms with Gasteiger partial charge in [-0.05, 0) is 36.6 Å². The van der Waals surface area contributed by atoms with E-state index < -0.39 is 0 Å². The van der Waals surface area contributed by atoms with Crippen molar-refractivity contribution in [2.24, 2.45) is 0 Å². The van der Waals surface area contributed by atoms with Crippen LogP contribution in [-0.4, -0.2) is 36.1 Å². The van der Waals surface area contributed by atoms with Gasteiger partial charge < -0.3 is 5.32 Å². The van der Waals surface area contributed by atoms with Crippen LogP contribution in [-0.2, 0) is 6.42 Å². The fourth-order valence-corrected chi connectivity index (χ4v) is 3.14. The number of benzene rings is 1. The Morgan fingerprint density at radius 2 is 1.95 bits per heavy atom. The van der Waals surface area contributed by atoms with Gasteiger partial charge in [0.05, 0.1) is 11.7 Å². The number of aromatic nitrogens is 1. The lowest BCUT2D eigenvalue weighted by atomic mass is 10.0. The summed E-state index contributed by atoms with van der Waals surface area (Å²) in [5.74, 6) is 0. The molecule has 1 aromatic carbocycles. The van der Waals surface area contributed by atoms with E-state index in [1.165, 1.54) is 17.5 Å². The van der Waals surface area contributed by atoms with E-state index in [1.54, 1.807) is 0 Å². The van der Waals surface area contributed by atoms with Crippen LogP contribution in [0.1, 0.15) is 36.2 Å². The minimum absolute atomic E-state index is 0.256. The number of nitrogens with one attached hydrogen (secondary N) is 1. The van der Waals surface area contributed by atoms with Crippen LogP contribution in [0.2, 0.25) is 0 Å². The first kappa shape index (κ1) is 15.2. The van der Waals surface area contributed by atoms with Crippen molar-refractivity contribution in [3.05, 3.63) is 65.5 Å². The Morgan fingerprint density at radius 1 is 1.09 bits per heavy atom. The predicted octanol–water partition coefficient (Wildman–Crippen LogP) is 3.03. The monoisotopic (exact) mass is 295 g/mol. The van der Waals surface area contributed by atoms with Crippen LogP contribution in [0.3, 0.4) is 0 Å². The van der Waals surface area contributed by atoms with Gasteiger partial charge in [0.1, 0.15) is 0 Å². The molecule has 116 valence electrons. The zero-order valence-electron chi connectivity index (χ0n) is 13.3. The van der Waals surface area contributed by atoms with Crippen molar-refractivity contribution >= 4 is 0 Å². The smallest absolute Gasteiger partial charge is 0.0776 e. The molecule has 0 aliphatic carbocycles. The van der Waals surface area contributed by atoms with Crippen LogP contribution in [0.15, 0.2) is 48.7 Å². The normalized spacial score (nSPS) is 17.9. The second-order valence-corrected chi connectivity index (χ2v) is 5.90. The van der Waals surface area contributed by atoms with Gasteiger partial charge in [-0.2, -0.15) is 0 Å². The molecule has 22 heavy (non-hydrogen) atoms. The van der Waals surface area contributed by atoms with E-state index in [2.05, 4.69) is 59.6 Å². The summed E-state index contributed by atoms with van der Waals surface area (Å²) < 4.78 is 0. The van der Waals surface area contributed by atoms with Gasteiger partial charge in [0, 0.05) is 25.8 Å². The summed E-state index contributed by atoms with van der Waals surface area (Å²) in [5, 5.41) is 3.49. The van der Waals surface area contributed by atoms with E-state index >= 15 is 0 Å². The number of nitrogens with zero attached hydrogens (tertiary/aromatic N) is 2. The lowest BCUT2D eigenvalue weighted by molar-refractivity contribution is 0.237. The molecule has 0 amide bonds. The molecular weight excluding hydrogens is 270 g/mol. The Labute approximate surface area is 133 Å². The number of pyridine rings is 1. The molecule has 3 nitrogen and oxygen atoms in total. The van der Waals surface area contributed by atoms with E-state index in [-0.39, 0.29) is 6.04 Å². The van der Waals surface area contributed by atoms with Crippen molar-refractivity contribution in [1.29, 1.82) is 0 Å². The third-order valence-electron chi connectivity index (χ3n) is 4.39. The van der Waals surface area contributed by atoms with E-state index in [0.717, 1.165) is 38.3 Å². The average molecular weight is 295 g/mol. The fourth-order valence-electron chi connectivity index (χ4n) is 3.14. The molecule has 1 saturated heterocycles. The topological polar surface area (TPSA) is 28.2 Å². The van der Waals surface area contributed by atoms with Crippen LogP contribution in [0.4, 0.5) is 0 Å². The molecule has 1 fully saturated rings. The van der Waals surface area contributed by atoms with Crippen LogP contribution in [0.5, 0.6) is 0 Å². The summed E-state index contributed by atoms with van der Waals surface area (Å²) in [7, 11) is 0. The van der Waals surface area contributed by atoms with E-state index in [4.69, 9.17) is 4.98 Å². The second-order valence-electron chi connectivity index (χ2n) is 5.90. The summed E-state index contributed by atoms with van der Waals surface area (Å²) in [6, 6.07) is 15.4. The minimum atomic E-state index is 0.256. The van der Waals surface area contributed by atoms with Crippen molar-refractivity contribution in [3.63, 3.8) is 0 Å². The van der Waals surface area contributed by atoms with E-state index in [9.17, 15) is 0 Å². The maximum Gasteiger partial charge on any atom is 0.0776 e. The Kier molecular flexibility index (Phi) is 5.20. The Hall–Kier alpha value is -1.71. The highest BCUT2D eigenvalue weighted by atomic mass is 15.2. The summed E-state index contributed by atoms with van der Waals surface area (Å²) >= 11 is 0. The maximum atomic E-state index is 4.77. The van der Waals surface area contributed by atoms with Crippen molar-refractivity contribution in [3.8, 4) is 0 Å². The predicted molar refractivity (Wildman–Crippen MR) is 91.0 cm³/mol. The molecule has 3 heteroatoms. The summed E-state index contributed by atoms with van der Waals surface area (Å²) in [6.07, 6.45) is 4.26. The minimum Gasteiger partial charge on any atom is -0.315 e. The van der Waals surface area contributed by atoms with Crippen LogP contribution < -0.4 is 5.32 Å². The molecule has 0 bridgehead atoms. The molecule has 0 radical (unpaired) electrons. The standard InChI is InChI=1S/C19H25N3/c1-2-16-9-10-18(21-15-16)19(17-7-4-3-5-8-17)22-13-6-11-20-12-14-22/h3-5,7-10,15,19-20H,2,6,11-14H2,1H3. The zero-order chi connectivity index (χ0) is 15.2. The molecule has 1 aliphatic rings. The van der Waals surface area contributed by atoms with Gasteiger partial charge in [0.25, 0.3) is 0 Å². The Bertz CT molecular complexity index is 557. The fraction of sp³-hybridized carbons (Fsp3) is 0.421. The highest BCUT2D eigenvalue weighted by molar-refractivity contribution is 5.29. The van der Waals surface area contributed by atoms with Gasteiger partial charge in [-0.1, -0.05) is 43.3 Å². The number of aryl methyl sites for hydroxylation is 1. The van der Waals surface area contributed by atoms with Crippen LogP contribution in [0.25, 0.3) is 0 Å². The first-order valence-electron chi connectivity index (χ1n) is 8.33. The molecular formula is C19H25N3. The first-order chi connectivity index (χ1) is 10.9. The van der Waals surface area contributed by atoms with Gasteiger partial charge in [-0.3, -0.25) is 9.88 Å². The maximum absolute atomic E-state index is 4.77.